The van der Waals surface area contributed by atoms with Gasteiger partial charge in [-0.15, -0.1) is 0 Å². The van der Waals surface area contributed by atoms with Crippen molar-refractivity contribution in [2.24, 2.45) is 0 Å². The Morgan fingerprint density at radius 1 is 1.50 bits per heavy atom. The molecule has 1 unspecified atom stereocenters. The number of carbonyl (C=O) groups is 1. The zero-order chi connectivity index (χ0) is 9.80. The third-order valence-corrected chi connectivity index (χ3v) is 4.65. The Hall–Kier alpha value is -0.280. The van der Waals surface area contributed by atoms with Gasteiger partial charge in [-0.25, -0.2) is 0 Å². The third kappa shape index (κ3) is 2.61. The van der Waals surface area contributed by atoms with Gasteiger partial charge < -0.3 is 0 Å². The van der Waals surface area contributed by atoms with E-state index in [9.17, 15) is 4.79 Å². The first-order valence-electron chi connectivity index (χ1n) is 5.01. The highest BCUT2D eigenvalue weighted by Gasteiger charge is 2.21. The van der Waals surface area contributed by atoms with Crippen molar-refractivity contribution in [3.8, 4) is 0 Å². The zero-order valence-electron chi connectivity index (χ0n) is 8.07. The second kappa shape index (κ2) is 4.99. The normalized spacial score (nSPS) is 22.1. The standard InChI is InChI=1S/C11H14OS2/c12-10(7-9-4-6-13-8-9)11-3-1-2-5-14-11/h4,6,8,11H,1-3,5,7H2. The van der Waals surface area contributed by atoms with E-state index in [4.69, 9.17) is 0 Å². The van der Waals surface area contributed by atoms with E-state index in [1.165, 1.54) is 24.2 Å². The van der Waals surface area contributed by atoms with Gasteiger partial charge in [-0.05, 0) is 41.0 Å². The summed E-state index contributed by atoms with van der Waals surface area (Å²) in [6, 6.07) is 2.05. The van der Waals surface area contributed by atoms with Crippen molar-refractivity contribution in [1.29, 1.82) is 0 Å². The molecule has 1 aromatic rings. The predicted molar refractivity (Wildman–Crippen MR) is 63.1 cm³/mol. The summed E-state index contributed by atoms with van der Waals surface area (Å²) >= 11 is 3.52. The topological polar surface area (TPSA) is 17.1 Å². The van der Waals surface area contributed by atoms with Crippen LogP contribution in [0.1, 0.15) is 24.8 Å². The molecule has 1 aliphatic heterocycles. The fourth-order valence-corrected chi connectivity index (χ4v) is 3.63. The van der Waals surface area contributed by atoms with Crippen molar-refractivity contribution in [3.05, 3.63) is 22.4 Å². The molecule has 0 N–H and O–H groups in total. The highest BCUT2D eigenvalue weighted by Crippen LogP contribution is 2.26. The molecule has 0 bridgehead atoms. The van der Waals surface area contributed by atoms with E-state index in [1.807, 2.05) is 17.1 Å². The second-order valence-electron chi connectivity index (χ2n) is 3.63. The minimum Gasteiger partial charge on any atom is -0.298 e. The van der Waals surface area contributed by atoms with E-state index in [0.29, 0.717) is 12.2 Å². The third-order valence-electron chi connectivity index (χ3n) is 2.50. The summed E-state index contributed by atoms with van der Waals surface area (Å²) in [6.45, 7) is 0. The van der Waals surface area contributed by atoms with E-state index in [-0.39, 0.29) is 5.25 Å². The Morgan fingerprint density at radius 2 is 2.43 bits per heavy atom. The summed E-state index contributed by atoms with van der Waals surface area (Å²) in [5.74, 6) is 1.59. The lowest BCUT2D eigenvalue weighted by Crippen LogP contribution is -2.22. The van der Waals surface area contributed by atoms with E-state index >= 15 is 0 Å². The quantitative estimate of drug-likeness (QED) is 0.787. The summed E-state index contributed by atoms with van der Waals surface area (Å²) in [4.78, 5) is 11.8. The Bertz CT molecular complexity index is 286. The van der Waals surface area contributed by atoms with Crippen LogP contribution in [0.4, 0.5) is 0 Å². The highest BCUT2D eigenvalue weighted by atomic mass is 32.2. The van der Waals surface area contributed by atoms with Gasteiger partial charge in [0.15, 0.2) is 0 Å². The summed E-state index contributed by atoms with van der Waals surface area (Å²) in [5, 5.41) is 4.39. The van der Waals surface area contributed by atoms with Gasteiger partial charge in [0, 0.05) is 6.42 Å². The molecule has 2 heterocycles. The molecule has 0 aromatic carbocycles. The summed E-state index contributed by atoms with van der Waals surface area (Å²) in [7, 11) is 0. The van der Waals surface area contributed by atoms with Crippen LogP contribution in [0.25, 0.3) is 0 Å². The average molecular weight is 226 g/mol. The van der Waals surface area contributed by atoms with Gasteiger partial charge >= 0.3 is 0 Å². The maximum Gasteiger partial charge on any atom is 0.150 e. The largest absolute Gasteiger partial charge is 0.298 e. The number of hydrogen-bond acceptors (Lipinski definition) is 3. The fraction of sp³-hybridized carbons (Fsp3) is 0.545. The summed E-state index contributed by atoms with van der Waals surface area (Å²) in [6.07, 6.45) is 4.24. The van der Waals surface area contributed by atoms with Crippen LogP contribution in [-0.2, 0) is 11.2 Å². The summed E-state index contributed by atoms with van der Waals surface area (Å²) in [5.41, 5.74) is 1.19. The van der Waals surface area contributed by atoms with E-state index in [2.05, 4.69) is 11.4 Å². The molecule has 1 nitrogen and oxygen atoms in total. The van der Waals surface area contributed by atoms with Crippen LogP contribution < -0.4 is 0 Å². The molecule has 0 radical (unpaired) electrons. The van der Waals surface area contributed by atoms with E-state index in [0.717, 1.165) is 6.42 Å². The van der Waals surface area contributed by atoms with Crippen LogP contribution in [-0.4, -0.2) is 16.8 Å². The Balaban J connectivity index is 1.88. The van der Waals surface area contributed by atoms with E-state index < -0.39 is 0 Å². The van der Waals surface area contributed by atoms with Gasteiger partial charge in [0.2, 0.25) is 0 Å². The maximum absolute atomic E-state index is 11.8. The predicted octanol–water partition coefficient (Wildman–Crippen LogP) is 3.15. The van der Waals surface area contributed by atoms with E-state index in [1.54, 1.807) is 11.3 Å². The van der Waals surface area contributed by atoms with Gasteiger partial charge in [0.1, 0.15) is 5.78 Å². The average Bonchev–Trinajstić information content (AvgIpc) is 2.72. The minimum absolute atomic E-state index is 0.281. The van der Waals surface area contributed by atoms with Crippen LogP contribution >= 0.6 is 23.1 Å². The second-order valence-corrected chi connectivity index (χ2v) is 5.72. The highest BCUT2D eigenvalue weighted by molar-refractivity contribution is 8.00. The molecule has 1 atom stereocenters. The van der Waals surface area contributed by atoms with Crippen molar-refractivity contribution >= 4 is 28.9 Å². The molecule has 14 heavy (non-hydrogen) atoms. The van der Waals surface area contributed by atoms with Crippen LogP contribution in [0.2, 0.25) is 0 Å². The van der Waals surface area contributed by atoms with Crippen molar-refractivity contribution < 1.29 is 4.79 Å². The van der Waals surface area contributed by atoms with Crippen molar-refractivity contribution in [3.63, 3.8) is 0 Å². The molecule has 1 aliphatic rings. The summed E-state index contributed by atoms with van der Waals surface area (Å²) < 4.78 is 0. The first-order chi connectivity index (χ1) is 6.86. The lowest BCUT2D eigenvalue weighted by molar-refractivity contribution is -0.118. The van der Waals surface area contributed by atoms with Crippen molar-refractivity contribution in [2.75, 3.05) is 5.75 Å². The number of hydrogen-bond donors (Lipinski definition) is 0. The molecular weight excluding hydrogens is 212 g/mol. The Morgan fingerprint density at radius 3 is 3.07 bits per heavy atom. The number of carbonyl (C=O) groups excluding carboxylic acids is 1. The number of rotatable bonds is 3. The van der Waals surface area contributed by atoms with Crippen LogP contribution in [0, 0.1) is 0 Å². The molecule has 1 saturated heterocycles. The van der Waals surface area contributed by atoms with Gasteiger partial charge in [0.05, 0.1) is 5.25 Å². The lowest BCUT2D eigenvalue weighted by Gasteiger charge is -2.19. The molecule has 2 rings (SSSR count). The monoisotopic (exact) mass is 226 g/mol. The number of ketones is 1. The van der Waals surface area contributed by atoms with Crippen LogP contribution in [0.5, 0.6) is 0 Å². The molecule has 3 heteroatoms. The van der Waals surface area contributed by atoms with Gasteiger partial charge in [-0.3, -0.25) is 4.79 Å². The smallest absolute Gasteiger partial charge is 0.150 e. The van der Waals surface area contributed by atoms with Crippen molar-refractivity contribution in [2.45, 2.75) is 30.9 Å². The molecule has 76 valence electrons. The Kier molecular flexibility index (Phi) is 3.65. The molecule has 0 amide bonds. The Labute approximate surface area is 92.9 Å². The first-order valence-corrected chi connectivity index (χ1v) is 7.01. The van der Waals surface area contributed by atoms with Gasteiger partial charge in [-0.1, -0.05) is 6.42 Å². The first kappa shape index (κ1) is 10.2. The minimum atomic E-state index is 0.281. The zero-order valence-corrected chi connectivity index (χ0v) is 9.70. The van der Waals surface area contributed by atoms with Gasteiger partial charge in [-0.2, -0.15) is 23.1 Å². The molecular formula is C11H14OS2. The lowest BCUT2D eigenvalue weighted by atomic mass is 10.1. The number of Topliss-reactive ketones (excluding diaryl/α,β-unsaturated/α-hetero) is 1. The fourth-order valence-electron chi connectivity index (χ4n) is 1.70. The van der Waals surface area contributed by atoms with Crippen LogP contribution in [0.15, 0.2) is 16.8 Å². The van der Waals surface area contributed by atoms with Crippen LogP contribution in [0.3, 0.4) is 0 Å². The van der Waals surface area contributed by atoms with Crippen molar-refractivity contribution in [1.82, 2.24) is 0 Å². The SMILES string of the molecule is O=C(Cc1ccsc1)C1CCCCS1. The molecule has 0 aliphatic carbocycles. The molecule has 0 saturated carbocycles. The molecule has 1 aromatic heterocycles. The van der Waals surface area contributed by atoms with Gasteiger partial charge in [0.25, 0.3) is 0 Å². The molecule has 1 fully saturated rings. The number of thioether (sulfide) groups is 1. The maximum atomic E-state index is 11.8. The molecule has 0 spiro atoms. The number of thiophene rings is 1.